The summed E-state index contributed by atoms with van der Waals surface area (Å²) < 4.78 is 44.0. The number of aromatic nitrogens is 2. The standard InChI is InChI=1S/C22H21N3O5S2/c1-14-7-5-6-8-16(14)21-23-22(30-24-21)20-19(11-12-31-20)32(26,27)25(2)15-9-10-17(28-3)18(13-15)29-4/h5-13H,1-4H3. The molecule has 10 heteroatoms. The fraction of sp³-hybridized carbons (Fsp3) is 0.182. The molecule has 0 spiro atoms. The van der Waals surface area contributed by atoms with E-state index in [1.54, 1.807) is 23.6 Å². The third kappa shape index (κ3) is 3.82. The lowest BCUT2D eigenvalue weighted by Gasteiger charge is -2.20. The molecule has 0 atom stereocenters. The monoisotopic (exact) mass is 471 g/mol. The van der Waals surface area contributed by atoms with E-state index in [2.05, 4.69) is 10.1 Å². The van der Waals surface area contributed by atoms with Crippen LogP contribution in [0.15, 0.2) is 63.3 Å². The van der Waals surface area contributed by atoms with Crippen LogP contribution in [0.4, 0.5) is 5.69 Å². The van der Waals surface area contributed by atoms with Gasteiger partial charge in [-0.25, -0.2) is 8.42 Å². The first kappa shape index (κ1) is 21.8. The van der Waals surface area contributed by atoms with Crippen LogP contribution in [0.25, 0.3) is 22.2 Å². The number of aryl methyl sites for hydroxylation is 1. The van der Waals surface area contributed by atoms with Gasteiger partial charge in [-0.1, -0.05) is 29.4 Å². The van der Waals surface area contributed by atoms with E-state index in [9.17, 15) is 8.42 Å². The fourth-order valence-electron chi connectivity index (χ4n) is 3.21. The summed E-state index contributed by atoms with van der Waals surface area (Å²) in [6, 6.07) is 14.1. The molecule has 0 aliphatic heterocycles. The van der Waals surface area contributed by atoms with Crippen LogP contribution >= 0.6 is 11.3 Å². The summed E-state index contributed by atoms with van der Waals surface area (Å²) in [5.41, 5.74) is 2.24. The molecular formula is C22H21N3O5S2. The molecule has 0 amide bonds. The first-order valence-corrected chi connectivity index (χ1v) is 11.9. The van der Waals surface area contributed by atoms with Crippen LogP contribution in [-0.2, 0) is 10.0 Å². The van der Waals surface area contributed by atoms with Crippen molar-refractivity contribution in [1.29, 1.82) is 0 Å². The second-order valence-electron chi connectivity index (χ2n) is 6.86. The predicted molar refractivity (Wildman–Crippen MR) is 123 cm³/mol. The fourth-order valence-corrected chi connectivity index (χ4v) is 5.71. The Labute approximate surface area is 190 Å². The molecule has 0 bridgehead atoms. The molecule has 8 nitrogen and oxygen atoms in total. The van der Waals surface area contributed by atoms with Crippen molar-refractivity contribution in [1.82, 2.24) is 10.1 Å². The second kappa shape index (κ2) is 8.64. The van der Waals surface area contributed by atoms with Gasteiger partial charge in [0.25, 0.3) is 15.9 Å². The van der Waals surface area contributed by atoms with E-state index in [1.807, 2.05) is 31.2 Å². The van der Waals surface area contributed by atoms with Crippen molar-refractivity contribution in [3.63, 3.8) is 0 Å². The lowest BCUT2D eigenvalue weighted by molar-refractivity contribution is 0.355. The van der Waals surface area contributed by atoms with Gasteiger partial charge >= 0.3 is 0 Å². The summed E-state index contributed by atoms with van der Waals surface area (Å²) in [5.74, 6) is 1.49. The minimum Gasteiger partial charge on any atom is -0.493 e. The highest BCUT2D eigenvalue weighted by Crippen LogP contribution is 2.37. The van der Waals surface area contributed by atoms with E-state index in [4.69, 9.17) is 14.0 Å². The summed E-state index contributed by atoms with van der Waals surface area (Å²) in [5, 5.41) is 5.74. The molecule has 2 heterocycles. The van der Waals surface area contributed by atoms with E-state index in [0.717, 1.165) is 11.1 Å². The van der Waals surface area contributed by atoms with Gasteiger partial charge in [-0.15, -0.1) is 11.3 Å². The minimum absolute atomic E-state index is 0.0831. The Morgan fingerprint density at radius 2 is 1.78 bits per heavy atom. The van der Waals surface area contributed by atoms with Crippen molar-refractivity contribution in [2.24, 2.45) is 0 Å². The number of sulfonamides is 1. The molecular weight excluding hydrogens is 450 g/mol. The molecule has 2 aromatic carbocycles. The van der Waals surface area contributed by atoms with Gasteiger partial charge in [-0.3, -0.25) is 4.31 Å². The van der Waals surface area contributed by atoms with Crippen molar-refractivity contribution in [2.45, 2.75) is 11.8 Å². The molecule has 0 saturated carbocycles. The Hall–Kier alpha value is -3.37. The average molecular weight is 472 g/mol. The summed E-state index contributed by atoms with van der Waals surface area (Å²) in [6.07, 6.45) is 0. The number of benzene rings is 2. The highest BCUT2D eigenvalue weighted by atomic mass is 32.2. The third-order valence-corrected chi connectivity index (χ3v) is 7.86. The number of thiophene rings is 1. The Morgan fingerprint density at radius 1 is 1.03 bits per heavy atom. The summed E-state index contributed by atoms with van der Waals surface area (Å²) >= 11 is 1.22. The largest absolute Gasteiger partial charge is 0.493 e. The molecule has 2 aromatic heterocycles. The van der Waals surface area contributed by atoms with Gasteiger partial charge < -0.3 is 14.0 Å². The molecule has 4 rings (SSSR count). The molecule has 32 heavy (non-hydrogen) atoms. The van der Waals surface area contributed by atoms with Crippen molar-refractivity contribution in [2.75, 3.05) is 25.6 Å². The molecule has 0 radical (unpaired) electrons. The maximum atomic E-state index is 13.4. The number of hydrogen-bond donors (Lipinski definition) is 0. The second-order valence-corrected chi connectivity index (χ2v) is 9.72. The Bertz CT molecular complexity index is 1360. The molecule has 166 valence electrons. The number of nitrogens with zero attached hydrogens (tertiary/aromatic N) is 3. The summed E-state index contributed by atoms with van der Waals surface area (Å²) in [7, 11) is 0.575. The number of anilines is 1. The van der Waals surface area contributed by atoms with Crippen LogP contribution in [0.3, 0.4) is 0 Å². The predicted octanol–water partition coefficient (Wildman–Crippen LogP) is 4.62. The van der Waals surface area contributed by atoms with Gasteiger partial charge in [0.05, 0.1) is 19.9 Å². The maximum absolute atomic E-state index is 13.4. The van der Waals surface area contributed by atoms with Crippen LogP contribution in [0.1, 0.15) is 5.56 Å². The van der Waals surface area contributed by atoms with E-state index in [1.165, 1.54) is 43.0 Å². The number of rotatable bonds is 7. The van der Waals surface area contributed by atoms with E-state index < -0.39 is 10.0 Å². The Balaban J connectivity index is 1.71. The molecule has 0 N–H and O–H groups in total. The zero-order chi connectivity index (χ0) is 22.9. The van der Waals surface area contributed by atoms with E-state index >= 15 is 0 Å². The van der Waals surface area contributed by atoms with Gasteiger partial charge in [0.15, 0.2) is 11.5 Å². The minimum atomic E-state index is -3.92. The van der Waals surface area contributed by atoms with Gasteiger partial charge in [-0.05, 0) is 36.1 Å². The van der Waals surface area contributed by atoms with Gasteiger partial charge in [0.2, 0.25) is 5.82 Å². The average Bonchev–Trinajstić information content (AvgIpc) is 3.48. The molecule has 0 aliphatic rings. The highest BCUT2D eigenvalue weighted by molar-refractivity contribution is 7.93. The van der Waals surface area contributed by atoms with Crippen LogP contribution in [0.2, 0.25) is 0 Å². The van der Waals surface area contributed by atoms with Crippen LogP contribution in [-0.4, -0.2) is 39.8 Å². The van der Waals surface area contributed by atoms with E-state index in [-0.39, 0.29) is 10.8 Å². The third-order valence-electron chi connectivity index (χ3n) is 5.00. The van der Waals surface area contributed by atoms with E-state index in [0.29, 0.717) is 27.9 Å². The lowest BCUT2D eigenvalue weighted by atomic mass is 10.1. The normalized spacial score (nSPS) is 11.4. The smallest absolute Gasteiger partial charge is 0.269 e. The van der Waals surface area contributed by atoms with Crippen molar-refractivity contribution in [3.05, 3.63) is 59.5 Å². The molecule has 0 aliphatic carbocycles. The number of hydrogen-bond acceptors (Lipinski definition) is 8. The van der Waals surface area contributed by atoms with Crippen molar-refractivity contribution < 1.29 is 22.4 Å². The zero-order valence-electron chi connectivity index (χ0n) is 17.9. The quantitative estimate of drug-likeness (QED) is 0.388. The van der Waals surface area contributed by atoms with Crippen LogP contribution in [0.5, 0.6) is 11.5 Å². The zero-order valence-corrected chi connectivity index (χ0v) is 19.5. The van der Waals surface area contributed by atoms with Crippen LogP contribution in [0, 0.1) is 6.92 Å². The van der Waals surface area contributed by atoms with Gasteiger partial charge in [-0.2, -0.15) is 4.98 Å². The summed E-state index contributed by atoms with van der Waals surface area (Å²) in [6.45, 7) is 1.95. The molecule has 0 unspecified atom stereocenters. The summed E-state index contributed by atoms with van der Waals surface area (Å²) in [4.78, 5) is 4.92. The molecule has 0 saturated heterocycles. The first-order chi connectivity index (χ1) is 15.4. The lowest BCUT2D eigenvalue weighted by Crippen LogP contribution is -2.26. The highest BCUT2D eigenvalue weighted by Gasteiger charge is 2.29. The van der Waals surface area contributed by atoms with Gasteiger partial charge in [0, 0.05) is 18.7 Å². The Kier molecular flexibility index (Phi) is 5.90. The Morgan fingerprint density at radius 3 is 2.50 bits per heavy atom. The van der Waals surface area contributed by atoms with Crippen molar-refractivity contribution >= 4 is 27.0 Å². The first-order valence-electron chi connectivity index (χ1n) is 9.55. The number of ether oxygens (including phenoxy) is 2. The van der Waals surface area contributed by atoms with Gasteiger partial charge in [0.1, 0.15) is 9.77 Å². The molecule has 4 aromatic rings. The maximum Gasteiger partial charge on any atom is 0.269 e. The van der Waals surface area contributed by atoms with Crippen LogP contribution < -0.4 is 13.8 Å². The SMILES string of the molecule is COc1ccc(N(C)S(=O)(=O)c2ccsc2-c2nc(-c3ccccc3C)no2)cc1OC. The molecule has 0 fully saturated rings. The van der Waals surface area contributed by atoms with Crippen molar-refractivity contribution in [3.8, 4) is 33.7 Å². The topological polar surface area (TPSA) is 94.8 Å². The number of methoxy groups -OCH3 is 2.